The number of amides is 8. The van der Waals surface area contributed by atoms with Crippen LogP contribution < -0.4 is 71.9 Å². The van der Waals surface area contributed by atoms with Crippen molar-refractivity contribution < 1.29 is 111 Å². The number of hydrogen-bond acceptors (Lipinski definition) is 25. The molecule has 4 saturated carbocycles. The summed E-state index contributed by atoms with van der Waals surface area (Å²) in [5.41, 5.74) is 4.04. The monoisotopic (exact) mass is 1630 g/mol. The van der Waals surface area contributed by atoms with Gasteiger partial charge in [-0.3, -0.25) is 38.4 Å². The second kappa shape index (κ2) is 32.9. The average Bonchev–Trinajstić information content (AvgIpc) is 1.56. The Hall–Kier alpha value is -10.1. The third kappa shape index (κ3) is 16.5. The van der Waals surface area contributed by atoms with Crippen molar-refractivity contribution in [3.8, 4) is 51.4 Å². The third-order valence-electron chi connectivity index (χ3n) is 22.9. The molecule has 17 rings (SSSR count). The normalized spacial score (nSPS) is 28.8. The van der Waals surface area contributed by atoms with Crippen molar-refractivity contribution in [3.05, 3.63) is 153 Å². The number of sulfonamides is 1. The number of unbranched alkanes of at least 4 members (excludes halogenated alkanes) is 1. The smallest absolute Gasteiger partial charge is 0.264 e. The second-order valence-electron chi connectivity index (χ2n) is 31.2. The number of carbonyl (C=O) groups is 8. The molecule has 15 bridgehead atoms. The van der Waals surface area contributed by atoms with E-state index in [0.29, 0.717) is 30.6 Å². The Bertz CT molecular complexity index is 4890. The molecule has 5 aliphatic carbocycles. The molecular weight excluding hydrogens is 1540 g/mol. The Labute approximate surface area is 664 Å². The lowest BCUT2D eigenvalue weighted by Gasteiger charge is -2.54. The minimum atomic E-state index is -4.87. The van der Waals surface area contributed by atoms with Crippen LogP contribution >= 0.6 is 11.6 Å². The zero-order valence-electron chi connectivity index (χ0n) is 62.8. The summed E-state index contributed by atoms with van der Waals surface area (Å²) in [5, 5.41) is 116. The number of nitrogens with two attached hydrogens (primary N) is 1. The number of aromatic hydroxyl groups is 1. The molecule has 115 heavy (non-hydrogen) atoms. The van der Waals surface area contributed by atoms with Gasteiger partial charge in [-0.25, -0.2) is 13.1 Å². The Balaban J connectivity index is 0.945. The fraction of sp³-hybridized carbons (Fsp3) is 0.450. The van der Waals surface area contributed by atoms with Crippen molar-refractivity contribution in [2.45, 2.75) is 180 Å². The fourth-order valence-electron chi connectivity index (χ4n) is 17.2. The fourth-order valence-corrected chi connectivity index (χ4v) is 18.4. The van der Waals surface area contributed by atoms with Gasteiger partial charge in [0.1, 0.15) is 95.9 Å². The van der Waals surface area contributed by atoms with Gasteiger partial charge in [0.15, 0.2) is 11.5 Å². The van der Waals surface area contributed by atoms with Crippen molar-refractivity contribution in [1.82, 2.24) is 47.3 Å². The van der Waals surface area contributed by atoms with Crippen LogP contribution in [0.25, 0.3) is 11.1 Å². The second-order valence-corrected chi connectivity index (χ2v) is 33.3. The van der Waals surface area contributed by atoms with Crippen molar-refractivity contribution in [2.75, 3.05) is 20.2 Å². The minimum Gasteiger partial charge on any atom is -0.508 e. The van der Waals surface area contributed by atoms with Gasteiger partial charge in [0, 0.05) is 23.7 Å². The number of phenolic OH excluding ortho intramolecular Hbond substituents is 1. The van der Waals surface area contributed by atoms with E-state index in [2.05, 4.69) is 42.5 Å². The average molecular weight is 1630 g/mol. The molecule has 35 heteroatoms. The molecule has 0 aromatic heterocycles. The van der Waals surface area contributed by atoms with Gasteiger partial charge in [-0.2, -0.15) is 0 Å². The maximum atomic E-state index is 16.4. The predicted molar refractivity (Wildman–Crippen MR) is 406 cm³/mol. The van der Waals surface area contributed by atoms with E-state index in [4.69, 9.17) is 41.0 Å². The quantitative estimate of drug-likeness (QED) is 0.0434. The highest BCUT2D eigenvalue weighted by molar-refractivity contribution is 7.90. The number of hydrogen-bond donors (Lipinski definition) is 18. The van der Waals surface area contributed by atoms with Crippen LogP contribution in [0.5, 0.6) is 40.2 Å². The van der Waals surface area contributed by atoms with Crippen LogP contribution in [-0.4, -0.2) is 178 Å². The molecule has 0 radical (unpaired) electrons. The molecule has 11 aliphatic rings. The van der Waals surface area contributed by atoms with Gasteiger partial charge in [0.25, 0.3) is 10.0 Å². The predicted octanol–water partition coefficient (Wildman–Crippen LogP) is 2.32. The molecular formula is C80H91ClN10O23S. The van der Waals surface area contributed by atoms with E-state index in [-0.39, 0.29) is 91.2 Å². The molecule has 33 nitrogen and oxygen atoms in total. The summed E-state index contributed by atoms with van der Waals surface area (Å²) >= 11 is 7.10. The van der Waals surface area contributed by atoms with Crippen molar-refractivity contribution in [3.63, 3.8) is 0 Å². The van der Waals surface area contributed by atoms with E-state index >= 15 is 28.8 Å². The van der Waals surface area contributed by atoms with Crippen LogP contribution in [0.15, 0.2) is 114 Å². The number of nitrogens with one attached hydrogen (secondary N) is 9. The molecule has 1 saturated heterocycles. The zero-order chi connectivity index (χ0) is 82.0. The Morgan fingerprint density at radius 3 is 1.99 bits per heavy atom. The SMILES string of the molecule is CCCCOc1ccc(S(=O)(=O)NC(=O)C[C@@H]2NC(=O)[C@H](NC(=O)[C@@H](CC(C)C)NC)[C@H](O)c3ccc(c(Cl)c3)Oc3cc4cc(c3O[C@@H]3O[C@H](CN)[C@@H](O)[C@H](O)[C@H]3O)Oc3ccc(cc3)[C@@H](O)[C@@H]3NC(=O)[C@H](NC(=O)[C@@H]4NC2=O)c2ccc4c(c2)-c2c(cc(O)cc2C4(O)O)[C@@H](C(=O)NC2C4CC5CC(C4)CC2C5)NC3=O)cc1. The zero-order valence-corrected chi connectivity index (χ0v) is 64.4. The van der Waals surface area contributed by atoms with E-state index in [1.165, 1.54) is 73.8 Å². The molecule has 612 valence electrons. The van der Waals surface area contributed by atoms with E-state index < -0.39 is 195 Å². The summed E-state index contributed by atoms with van der Waals surface area (Å²) in [6, 6.07) is 7.26. The van der Waals surface area contributed by atoms with Gasteiger partial charge < -0.3 is 113 Å². The van der Waals surface area contributed by atoms with Gasteiger partial charge in [-0.05, 0) is 199 Å². The highest BCUT2D eigenvalue weighted by Crippen LogP contribution is 2.56. The molecule has 6 aromatic rings. The number of ether oxygens (including phenoxy) is 5. The minimum absolute atomic E-state index is 0.0882. The van der Waals surface area contributed by atoms with Gasteiger partial charge in [0.05, 0.1) is 29.0 Å². The van der Waals surface area contributed by atoms with Gasteiger partial charge in [0.2, 0.25) is 65.1 Å². The topological polar surface area (TPSA) is 513 Å². The van der Waals surface area contributed by atoms with Gasteiger partial charge in [-0.1, -0.05) is 69.1 Å². The third-order valence-corrected chi connectivity index (χ3v) is 24.5. The maximum Gasteiger partial charge on any atom is 0.264 e. The van der Waals surface area contributed by atoms with Crippen molar-refractivity contribution >= 4 is 68.9 Å². The first-order valence-electron chi connectivity index (χ1n) is 38.2. The summed E-state index contributed by atoms with van der Waals surface area (Å²) in [4.78, 5) is 123. The van der Waals surface area contributed by atoms with E-state index in [0.717, 1.165) is 81.0 Å². The van der Waals surface area contributed by atoms with Gasteiger partial charge in [-0.15, -0.1) is 0 Å². The number of rotatable bonds is 18. The summed E-state index contributed by atoms with van der Waals surface area (Å²) in [5.74, 6) is -14.4. The van der Waals surface area contributed by atoms with Crippen molar-refractivity contribution in [1.29, 1.82) is 0 Å². The van der Waals surface area contributed by atoms with Crippen LogP contribution in [0, 0.1) is 29.6 Å². The first-order valence-corrected chi connectivity index (χ1v) is 40.1. The highest BCUT2D eigenvalue weighted by Gasteiger charge is 2.52. The molecule has 5 fully saturated rings. The number of aliphatic hydroxyl groups is 7. The number of benzene rings is 6. The van der Waals surface area contributed by atoms with Crippen molar-refractivity contribution in [2.24, 2.45) is 35.3 Å². The first-order chi connectivity index (χ1) is 54.8. The molecule has 19 N–H and O–H groups in total. The maximum absolute atomic E-state index is 16.4. The Morgan fingerprint density at radius 2 is 1.33 bits per heavy atom. The van der Waals surface area contributed by atoms with E-state index in [1.54, 1.807) is 0 Å². The lowest BCUT2D eigenvalue weighted by Crippen LogP contribution is -2.60. The van der Waals surface area contributed by atoms with Crippen LogP contribution in [0.4, 0.5) is 0 Å². The number of likely N-dealkylation sites (N-methyl/N-ethyl adjacent to an activating group) is 1. The van der Waals surface area contributed by atoms with Crippen LogP contribution in [0.3, 0.4) is 0 Å². The van der Waals surface area contributed by atoms with E-state index in [1.807, 2.05) is 25.5 Å². The molecule has 6 aliphatic heterocycles. The molecule has 14 atom stereocenters. The Kier molecular flexibility index (Phi) is 23.3. The van der Waals surface area contributed by atoms with Gasteiger partial charge >= 0.3 is 0 Å². The summed E-state index contributed by atoms with van der Waals surface area (Å²) in [6.07, 6.45) is -8.67. The lowest BCUT2D eigenvalue weighted by molar-refractivity contribution is -0.270. The lowest BCUT2D eigenvalue weighted by atomic mass is 9.54. The number of phenols is 1. The summed E-state index contributed by atoms with van der Waals surface area (Å²) < 4.78 is 61.6. The largest absolute Gasteiger partial charge is 0.508 e. The molecule has 0 spiro atoms. The van der Waals surface area contributed by atoms with Crippen LogP contribution in [0.1, 0.15) is 148 Å². The molecule has 6 heterocycles. The number of halogens is 1. The number of fused-ring (bicyclic) bond motifs is 12. The molecule has 6 aromatic carbocycles. The molecule has 8 amide bonds. The van der Waals surface area contributed by atoms with Crippen LogP contribution in [0.2, 0.25) is 5.02 Å². The Morgan fingerprint density at radius 1 is 0.678 bits per heavy atom. The van der Waals surface area contributed by atoms with Crippen LogP contribution in [-0.2, 0) is 58.9 Å². The standard InChI is InChI=1S/C80H91ClN10O23S/c1-5-6-19-110-44-13-15-46(16-14-44)115(108,109)91-58(93)32-53-73(100)86-62-42-28-55(71(114-79-70(98)69(97)68(96)57(33-82)113-79)56(29-42)112-54-18-10-39(27-51(54)81)67(95)65(77(104)84-53)89-72(99)52(83-4)20-34(2)3)111-45-11-7-37(8-12-45)66(94)64-78(105)88-63(76(103)85-60-40-22-35-21-36(24-40)25-41(60)23-35)48-30-43(92)31-50-59(48)47-26-38(9-17-49(47)80(50,106)107)61(74(101)90-64)87-75(62)102/h7-18,26-31,34-36,40-41,52-53,57,60-70,79,83,92,94-98,106-107H,5-6,19-25,32-33,82H2,1-4H3,(H,84,104)(H,85,103)(H,86,100)(H,87,102)(H,88,105)(H,89,99)(H,90,101)(H,91,93)/t35?,36?,40?,41?,52-,53+,57-,60?,61-,62-,63+,64+,65-,66-,67-,68-,69+,70-,79+/m1/s1. The van der Waals surface area contributed by atoms with E-state index in [9.17, 15) is 58.9 Å². The highest BCUT2D eigenvalue weighted by atomic mass is 35.5. The summed E-state index contributed by atoms with van der Waals surface area (Å²) in [6.45, 7) is 5.43. The first kappa shape index (κ1) is 81.5. The summed E-state index contributed by atoms with van der Waals surface area (Å²) in [7, 11) is -3.40. The number of aliphatic hydroxyl groups excluding tert-OH is 5. The number of carbonyl (C=O) groups excluding carboxylic acids is 8. The molecule has 0 unspecified atom stereocenters.